The van der Waals surface area contributed by atoms with Crippen molar-refractivity contribution in [1.29, 1.82) is 0 Å². The average molecular weight is 268 g/mol. The molecule has 102 valence electrons. The molecule has 0 spiro atoms. The SMILES string of the molecule is Cn1cc(C(=O)C2CCCc3ccccc3C2=O)cn1. The number of nitrogens with zero attached hydrogens (tertiary/aromatic N) is 2. The Balaban J connectivity index is 1.95. The third-order valence-corrected chi connectivity index (χ3v) is 3.84. The maximum atomic E-state index is 12.6. The fourth-order valence-electron chi connectivity index (χ4n) is 2.79. The number of aromatic nitrogens is 2. The molecule has 1 heterocycles. The van der Waals surface area contributed by atoms with Gasteiger partial charge in [0.1, 0.15) is 0 Å². The molecule has 1 aliphatic rings. The summed E-state index contributed by atoms with van der Waals surface area (Å²) < 4.78 is 1.59. The molecule has 1 unspecified atom stereocenters. The summed E-state index contributed by atoms with van der Waals surface area (Å²) in [5, 5.41) is 4.01. The number of carbonyl (C=O) groups excluding carboxylic acids is 2. The van der Waals surface area contributed by atoms with Gasteiger partial charge >= 0.3 is 0 Å². The number of aryl methyl sites for hydroxylation is 2. The van der Waals surface area contributed by atoms with Crippen LogP contribution in [-0.4, -0.2) is 21.3 Å². The van der Waals surface area contributed by atoms with E-state index >= 15 is 0 Å². The molecule has 1 atom stereocenters. The van der Waals surface area contributed by atoms with Gasteiger partial charge in [-0.15, -0.1) is 0 Å². The van der Waals surface area contributed by atoms with E-state index in [1.165, 1.54) is 6.20 Å². The van der Waals surface area contributed by atoms with Crippen LogP contribution >= 0.6 is 0 Å². The van der Waals surface area contributed by atoms with E-state index in [1.54, 1.807) is 17.9 Å². The van der Waals surface area contributed by atoms with Crippen LogP contribution in [0.4, 0.5) is 0 Å². The molecule has 2 aromatic rings. The van der Waals surface area contributed by atoms with Gasteiger partial charge in [0.2, 0.25) is 0 Å². The lowest BCUT2D eigenvalue weighted by Crippen LogP contribution is -2.23. The summed E-state index contributed by atoms with van der Waals surface area (Å²) in [6, 6.07) is 7.60. The molecule has 0 aliphatic heterocycles. The molecule has 1 aliphatic carbocycles. The number of benzene rings is 1. The second-order valence-corrected chi connectivity index (χ2v) is 5.23. The van der Waals surface area contributed by atoms with E-state index in [0.717, 1.165) is 18.4 Å². The first-order valence-electron chi connectivity index (χ1n) is 6.82. The number of hydrogen-bond donors (Lipinski definition) is 0. The van der Waals surface area contributed by atoms with E-state index in [0.29, 0.717) is 17.5 Å². The van der Waals surface area contributed by atoms with E-state index in [-0.39, 0.29) is 11.6 Å². The van der Waals surface area contributed by atoms with Crippen LogP contribution in [0.15, 0.2) is 36.7 Å². The van der Waals surface area contributed by atoms with Crippen LogP contribution < -0.4 is 0 Å². The summed E-state index contributed by atoms with van der Waals surface area (Å²) in [7, 11) is 1.76. The van der Waals surface area contributed by atoms with Gasteiger partial charge < -0.3 is 0 Å². The van der Waals surface area contributed by atoms with Gasteiger partial charge in [-0.3, -0.25) is 14.3 Å². The molecule has 0 saturated carbocycles. The molecule has 0 bridgehead atoms. The maximum Gasteiger partial charge on any atom is 0.176 e. The number of ketones is 2. The number of fused-ring (bicyclic) bond motifs is 1. The minimum absolute atomic E-state index is 0.0491. The van der Waals surface area contributed by atoms with E-state index in [2.05, 4.69) is 5.10 Å². The Bertz CT molecular complexity index is 673. The van der Waals surface area contributed by atoms with Crippen molar-refractivity contribution in [3.63, 3.8) is 0 Å². The van der Waals surface area contributed by atoms with E-state index < -0.39 is 5.92 Å². The Morgan fingerprint density at radius 2 is 2.15 bits per heavy atom. The monoisotopic (exact) mass is 268 g/mol. The van der Waals surface area contributed by atoms with Gasteiger partial charge in [0, 0.05) is 18.8 Å². The second-order valence-electron chi connectivity index (χ2n) is 5.23. The predicted molar refractivity (Wildman–Crippen MR) is 74.7 cm³/mol. The number of hydrogen-bond acceptors (Lipinski definition) is 3. The van der Waals surface area contributed by atoms with Gasteiger partial charge in [0.15, 0.2) is 11.6 Å². The predicted octanol–water partition coefficient (Wildman–Crippen LogP) is 2.44. The van der Waals surface area contributed by atoms with Crippen molar-refractivity contribution in [2.24, 2.45) is 13.0 Å². The van der Waals surface area contributed by atoms with E-state index in [1.807, 2.05) is 24.3 Å². The molecule has 4 nitrogen and oxygen atoms in total. The van der Waals surface area contributed by atoms with Crippen LogP contribution in [0, 0.1) is 5.92 Å². The van der Waals surface area contributed by atoms with Crippen LogP contribution in [0.5, 0.6) is 0 Å². The molecule has 0 radical (unpaired) electrons. The zero-order valence-corrected chi connectivity index (χ0v) is 11.4. The van der Waals surface area contributed by atoms with Gasteiger partial charge in [0.05, 0.1) is 17.7 Å². The zero-order valence-electron chi connectivity index (χ0n) is 11.4. The highest BCUT2D eigenvalue weighted by Gasteiger charge is 2.31. The Labute approximate surface area is 117 Å². The van der Waals surface area contributed by atoms with Crippen molar-refractivity contribution >= 4 is 11.6 Å². The Morgan fingerprint density at radius 3 is 2.90 bits per heavy atom. The molecule has 0 fully saturated rings. The summed E-state index contributed by atoms with van der Waals surface area (Å²) in [5.74, 6) is -0.727. The first-order chi connectivity index (χ1) is 9.66. The fourth-order valence-corrected chi connectivity index (χ4v) is 2.79. The summed E-state index contributed by atoms with van der Waals surface area (Å²) in [6.45, 7) is 0. The van der Waals surface area contributed by atoms with E-state index in [9.17, 15) is 9.59 Å². The summed E-state index contributed by atoms with van der Waals surface area (Å²) in [5.41, 5.74) is 2.27. The zero-order chi connectivity index (χ0) is 14.1. The molecule has 20 heavy (non-hydrogen) atoms. The summed E-state index contributed by atoms with van der Waals surface area (Å²) >= 11 is 0. The lowest BCUT2D eigenvalue weighted by atomic mass is 9.89. The second kappa shape index (κ2) is 5.04. The van der Waals surface area contributed by atoms with Gasteiger partial charge in [0.25, 0.3) is 0 Å². The fraction of sp³-hybridized carbons (Fsp3) is 0.312. The van der Waals surface area contributed by atoms with Gasteiger partial charge in [-0.2, -0.15) is 5.10 Å². The minimum Gasteiger partial charge on any atom is -0.293 e. The first-order valence-corrected chi connectivity index (χ1v) is 6.82. The van der Waals surface area contributed by atoms with Crippen LogP contribution in [0.2, 0.25) is 0 Å². The Morgan fingerprint density at radius 1 is 1.35 bits per heavy atom. The number of carbonyl (C=O) groups is 2. The third-order valence-electron chi connectivity index (χ3n) is 3.84. The highest BCUT2D eigenvalue weighted by Crippen LogP contribution is 2.27. The molecular weight excluding hydrogens is 252 g/mol. The summed E-state index contributed by atoms with van der Waals surface area (Å²) in [4.78, 5) is 25.1. The summed E-state index contributed by atoms with van der Waals surface area (Å²) in [6.07, 6.45) is 5.54. The average Bonchev–Trinajstić information content (AvgIpc) is 2.82. The topological polar surface area (TPSA) is 52.0 Å². The van der Waals surface area contributed by atoms with Crippen molar-refractivity contribution in [3.8, 4) is 0 Å². The Hall–Kier alpha value is -2.23. The molecule has 0 amide bonds. The lowest BCUT2D eigenvalue weighted by Gasteiger charge is -2.11. The van der Waals surface area contributed by atoms with Crippen molar-refractivity contribution in [2.45, 2.75) is 19.3 Å². The lowest BCUT2D eigenvalue weighted by molar-refractivity contribution is 0.0801. The molecule has 3 rings (SSSR count). The Kier molecular flexibility index (Phi) is 3.22. The van der Waals surface area contributed by atoms with Crippen LogP contribution in [-0.2, 0) is 13.5 Å². The van der Waals surface area contributed by atoms with Crippen molar-refractivity contribution in [1.82, 2.24) is 9.78 Å². The van der Waals surface area contributed by atoms with Crippen molar-refractivity contribution < 1.29 is 9.59 Å². The van der Waals surface area contributed by atoms with Crippen LogP contribution in [0.1, 0.15) is 39.1 Å². The number of Topliss-reactive ketones (excluding diaryl/α,β-unsaturated/α-hetero) is 2. The maximum absolute atomic E-state index is 12.6. The standard InChI is InChI=1S/C16H16N2O2/c1-18-10-12(9-17-18)15(19)14-8-4-6-11-5-2-3-7-13(11)16(14)20/h2-3,5,7,9-10,14H,4,6,8H2,1H3. The highest BCUT2D eigenvalue weighted by atomic mass is 16.2. The van der Waals surface area contributed by atoms with Crippen molar-refractivity contribution in [3.05, 3.63) is 53.3 Å². The van der Waals surface area contributed by atoms with Gasteiger partial charge in [-0.05, 0) is 24.8 Å². The van der Waals surface area contributed by atoms with E-state index in [4.69, 9.17) is 0 Å². The quantitative estimate of drug-likeness (QED) is 0.477. The van der Waals surface area contributed by atoms with Gasteiger partial charge in [-0.25, -0.2) is 0 Å². The van der Waals surface area contributed by atoms with Gasteiger partial charge in [-0.1, -0.05) is 24.3 Å². The first kappa shape index (κ1) is 12.8. The largest absolute Gasteiger partial charge is 0.293 e. The molecule has 0 saturated heterocycles. The normalized spacial score (nSPS) is 18.4. The molecule has 4 heteroatoms. The highest BCUT2D eigenvalue weighted by molar-refractivity contribution is 6.16. The smallest absolute Gasteiger partial charge is 0.176 e. The van der Waals surface area contributed by atoms with Crippen LogP contribution in [0.3, 0.4) is 0 Å². The third kappa shape index (κ3) is 2.18. The minimum atomic E-state index is -0.567. The molecule has 1 aromatic heterocycles. The molecule has 0 N–H and O–H groups in total. The molecular formula is C16H16N2O2. The van der Waals surface area contributed by atoms with Crippen LogP contribution in [0.25, 0.3) is 0 Å². The van der Waals surface area contributed by atoms with Crippen molar-refractivity contribution in [2.75, 3.05) is 0 Å². The molecule has 1 aromatic carbocycles. The number of rotatable bonds is 2.